The van der Waals surface area contributed by atoms with Crippen LogP contribution in [-0.4, -0.2) is 31.3 Å². The van der Waals surface area contributed by atoms with Gasteiger partial charge in [-0.2, -0.15) is 0 Å². The van der Waals surface area contributed by atoms with Crippen molar-refractivity contribution < 1.29 is 19.4 Å². The Hall–Kier alpha value is -1.27. The molecular weight excluding hydrogens is 314 g/mol. The second-order valence-electron chi connectivity index (χ2n) is 4.44. The zero-order valence-electron chi connectivity index (χ0n) is 10.8. The molecule has 1 unspecified atom stereocenters. The molecule has 6 heteroatoms. The lowest BCUT2D eigenvalue weighted by molar-refractivity contribution is -0.139. The van der Waals surface area contributed by atoms with Crippen molar-refractivity contribution in [2.75, 3.05) is 14.2 Å². The molecule has 0 aromatic heterocycles. The molecule has 19 heavy (non-hydrogen) atoms. The molecule has 1 atom stereocenters. The van der Waals surface area contributed by atoms with Crippen LogP contribution in [-0.2, 0) is 4.79 Å². The molecular formula is C13H16BrNO4. The van der Waals surface area contributed by atoms with Crippen molar-refractivity contribution in [3.63, 3.8) is 0 Å². The highest BCUT2D eigenvalue weighted by Gasteiger charge is 2.31. The third kappa shape index (κ3) is 3.19. The van der Waals surface area contributed by atoms with Crippen LogP contribution < -0.4 is 14.8 Å². The second-order valence-corrected chi connectivity index (χ2v) is 5.30. The fraction of sp³-hybridized carbons (Fsp3) is 0.462. The molecule has 2 N–H and O–H groups in total. The van der Waals surface area contributed by atoms with Gasteiger partial charge in [-0.15, -0.1) is 0 Å². The van der Waals surface area contributed by atoms with E-state index in [9.17, 15) is 9.90 Å². The number of ether oxygens (including phenoxy) is 2. The summed E-state index contributed by atoms with van der Waals surface area (Å²) in [7, 11) is 3.07. The van der Waals surface area contributed by atoms with E-state index in [0.29, 0.717) is 27.6 Å². The van der Waals surface area contributed by atoms with Gasteiger partial charge in [0.05, 0.1) is 14.2 Å². The van der Waals surface area contributed by atoms with Crippen LogP contribution in [0.5, 0.6) is 11.5 Å². The average Bonchev–Trinajstić information content (AvgIpc) is 3.19. The summed E-state index contributed by atoms with van der Waals surface area (Å²) in [4.78, 5) is 11.4. The van der Waals surface area contributed by atoms with Gasteiger partial charge in [0.15, 0.2) is 11.5 Å². The first-order valence-electron chi connectivity index (χ1n) is 5.97. The molecule has 1 saturated carbocycles. The molecule has 0 bridgehead atoms. The van der Waals surface area contributed by atoms with E-state index in [0.717, 1.165) is 12.8 Å². The molecule has 0 radical (unpaired) electrons. The minimum absolute atomic E-state index is 0.293. The summed E-state index contributed by atoms with van der Waals surface area (Å²) in [5, 5.41) is 12.5. The van der Waals surface area contributed by atoms with Crippen LogP contribution in [0.1, 0.15) is 24.4 Å². The van der Waals surface area contributed by atoms with Gasteiger partial charge in [0.25, 0.3) is 0 Å². The van der Waals surface area contributed by atoms with Crippen LogP contribution in [0.4, 0.5) is 0 Å². The summed E-state index contributed by atoms with van der Waals surface area (Å²) in [6.45, 7) is 0. The molecule has 5 nitrogen and oxygen atoms in total. The lowest BCUT2D eigenvalue weighted by atomic mass is 10.1. The number of carboxylic acids is 1. The Morgan fingerprint density at radius 1 is 1.37 bits per heavy atom. The number of carboxylic acid groups (broad SMARTS) is 1. The number of hydrogen-bond donors (Lipinski definition) is 2. The second kappa shape index (κ2) is 5.79. The fourth-order valence-electron chi connectivity index (χ4n) is 1.87. The minimum Gasteiger partial charge on any atom is -0.493 e. The normalized spacial score (nSPS) is 15.9. The Morgan fingerprint density at radius 3 is 2.42 bits per heavy atom. The van der Waals surface area contributed by atoms with Gasteiger partial charge in [-0.3, -0.25) is 10.1 Å². The molecule has 0 amide bonds. The summed E-state index contributed by atoms with van der Waals surface area (Å²) in [6, 6.07) is 2.96. The highest BCUT2D eigenvalue weighted by molar-refractivity contribution is 9.10. The molecule has 0 spiro atoms. The molecule has 1 aliphatic carbocycles. The van der Waals surface area contributed by atoms with Gasteiger partial charge in [-0.25, -0.2) is 0 Å². The van der Waals surface area contributed by atoms with Crippen molar-refractivity contribution in [3.05, 3.63) is 22.2 Å². The first-order valence-corrected chi connectivity index (χ1v) is 6.76. The lowest BCUT2D eigenvalue weighted by Crippen LogP contribution is -2.30. The first kappa shape index (κ1) is 14.1. The van der Waals surface area contributed by atoms with Gasteiger partial charge in [0.2, 0.25) is 0 Å². The van der Waals surface area contributed by atoms with Crippen LogP contribution in [0.2, 0.25) is 0 Å². The largest absolute Gasteiger partial charge is 0.493 e. The molecule has 1 fully saturated rings. The number of halogens is 1. The van der Waals surface area contributed by atoms with E-state index < -0.39 is 12.0 Å². The summed E-state index contributed by atoms with van der Waals surface area (Å²) in [5.41, 5.74) is 0.636. The van der Waals surface area contributed by atoms with Crippen LogP contribution in [0.15, 0.2) is 16.6 Å². The molecule has 1 aliphatic rings. The number of hydrogen-bond acceptors (Lipinski definition) is 4. The van der Waals surface area contributed by atoms with Crippen LogP contribution in [0.25, 0.3) is 0 Å². The maximum atomic E-state index is 11.4. The molecule has 0 saturated heterocycles. The van der Waals surface area contributed by atoms with Crippen molar-refractivity contribution in [2.24, 2.45) is 0 Å². The van der Waals surface area contributed by atoms with Gasteiger partial charge in [0, 0.05) is 10.5 Å². The highest BCUT2D eigenvalue weighted by Crippen LogP contribution is 2.37. The molecule has 1 aromatic carbocycles. The fourth-order valence-corrected chi connectivity index (χ4v) is 2.42. The van der Waals surface area contributed by atoms with E-state index >= 15 is 0 Å². The third-order valence-electron chi connectivity index (χ3n) is 3.04. The van der Waals surface area contributed by atoms with E-state index in [-0.39, 0.29) is 0 Å². The molecule has 0 aliphatic heterocycles. The number of aliphatic carboxylic acids is 1. The van der Waals surface area contributed by atoms with Crippen LogP contribution >= 0.6 is 15.9 Å². The van der Waals surface area contributed by atoms with Gasteiger partial charge in [-0.1, -0.05) is 15.9 Å². The number of benzene rings is 1. The predicted molar refractivity (Wildman–Crippen MR) is 73.8 cm³/mol. The smallest absolute Gasteiger partial charge is 0.325 e. The van der Waals surface area contributed by atoms with Gasteiger partial charge < -0.3 is 14.6 Å². The SMILES string of the molecule is COc1cc(Br)c(C(NC2CC2)C(=O)O)cc1OC. The van der Waals surface area contributed by atoms with E-state index in [1.54, 1.807) is 19.2 Å². The summed E-state index contributed by atoms with van der Waals surface area (Å²) in [6.07, 6.45) is 2.05. The third-order valence-corrected chi connectivity index (χ3v) is 3.73. The number of rotatable bonds is 6. The van der Waals surface area contributed by atoms with Crippen molar-refractivity contribution in [1.82, 2.24) is 5.32 Å². The highest BCUT2D eigenvalue weighted by atomic mass is 79.9. The van der Waals surface area contributed by atoms with Crippen LogP contribution in [0.3, 0.4) is 0 Å². The maximum absolute atomic E-state index is 11.4. The average molecular weight is 330 g/mol. The number of carbonyl (C=O) groups is 1. The van der Waals surface area contributed by atoms with Gasteiger partial charge in [-0.05, 0) is 30.5 Å². The summed E-state index contributed by atoms with van der Waals surface area (Å²) >= 11 is 3.39. The Morgan fingerprint density at radius 2 is 1.95 bits per heavy atom. The van der Waals surface area contributed by atoms with Crippen molar-refractivity contribution in [2.45, 2.75) is 24.9 Å². The topological polar surface area (TPSA) is 67.8 Å². The maximum Gasteiger partial charge on any atom is 0.325 e. The Kier molecular flexibility index (Phi) is 4.31. The zero-order chi connectivity index (χ0) is 14.0. The summed E-state index contributed by atoms with van der Waals surface area (Å²) in [5.74, 6) is 0.179. The molecule has 0 heterocycles. The Balaban J connectivity index is 2.37. The van der Waals surface area contributed by atoms with Crippen molar-refractivity contribution in [3.8, 4) is 11.5 Å². The lowest BCUT2D eigenvalue weighted by Gasteiger charge is -2.18. The quantitative estimate of drug-likeness (QED) is 0.838. The Bertz CT molecular complexity index is 488. The van der Waals surface area contributed by atoms with Crippen molar-refractivity contribution in [1.29, 1.82) is 0 Å². The predicted octanol–water partition coefficient (Wildman–Crippen LogP) is 2.34. The molecule has 1 aromatic rings. The Labute approximate surface area is 120 Å². The zero-order valence-corrected chi connectivity index (χ0v) is 12.4. The summed E-state index contributed by atoms with van der Waals surface area (Å²) < 4.78 is 11.1. The standard InChI is InChI=1S/C13H16BrNO4/c1-18-10-5-8(9(14)6-11(10)19-2)12(13(16)17)15-7-3-4-7/h5-7,12,15H,3-4H2,1-2H3,(H,16,17). The molecule has 104 valence electrons. The monoisotopic (exact) mass is 329 g/mol. The number of methoxy groups -OCH3 is 2. The molecule has 2 rings (SSSR count). The number of nitrogens with one attached hydrogen (secondary N) is 1. The van der Waals surface area contributed by atoms with Gasteiger partial charge >= 0.3 is 5.97 Å². The van der Waals surface area contributed by atoms with E-state index in [1.807, 2.05) is 0 Å². The van der Waals surface area contributed by atoms with E-state index in [1.165, 1.54) is 7.11 Å². The van der Waals surface area contributed by atoms with E-state index in [2.05, 4.69) is 21.2 Å². The minimum atomic E-state index is -0.903. The van der Waals surface area contributed by atoms with E-state index in [4.69, 9.17) is 9.47 Å². The first-order chi connectivity index (χ1) is 9.06. The van der Waals surface area contributed by atoms with Crippen molar-refractivity contribution >= 4 is 21.9 Å². The van der Waals surface area contributed by atoms with Crippen LogP contribution in [0, 0.1) is 0 Å². The van der Waals surface area contributed by atoms with Gasteiger partial charge in [0.1, 0.15) is 6.04 Å².